The van der Waals surface area contributed by atoms with Crippen molar-refractivity contribution in [2.24, 2.45) is 5.92 Å². The molecule has 1 saturated heterocycles. The van der Waals surface area contributed by atoms with Gasteiger partial charge in [-0.2, -0.15) is 0 Å². The third kappa shape index (κ3) is 3.32. The molecule has 0 spiro atoms. The van der Waals surface area contributed by atoms with Gasteiger partial charge < -0.3 is 5.32 Å². The van der Waals surface area contributed by atoms with Gasteiger partial charge in [0.1, 0.15) is 5.15 Å². The lowest BCUT2D eigenvalue weighted by Gasteiger charge is -2.39. The Balaban J connectivity index is 1.99. The molecule has 1 atom stereocenters. The van der Waals surface area contributed by atoms with Gasteiger partial charge in [0, 0.05) is 44.0 Å². The maximum absolute atomic E-state index is 6.47. The molecule has 2 aliphatic rings. The van der Waals surface area contributed by atoms with E-state index in [1.54, 1.807) is 6.20 Å². The van der Waals surface area contributed by atoms with E-state index in [9.17, 15) is 0 Å². The monoisotopic (exact) mass is 347 g/mol. The Morgan fingerprint density at radius 2 is 1.81 bits per heavy atom. The highest BCUT2D eigenvalue weighted by Gasteiger charge is 2.35. The van der Waals surface area contributed by atoms with Crippen molar-refractivity contribution >= 4 is 34.8 Å². The molecule has 3 nitrogen and oxygen atoms in total. The summed E-state index contributed by atoms with van der Waals surface area (Å²) in [5.74, 6) is 0.608. The number of hydrogen-bond donors (Lipinski definition) is 1. The van der Waals surface area contributed by atoms with Crippen molar-refractivity contribution in [3.8, 4) is 0 Å². The van der Waals surface area contributed by atoms with Crippen LogP contribution in [-0.2, 0) is 0 Å². The fourth-order valence-corrected chi connectivity index (χ4v) is 4.39. The van der Waals surface area contributed by atoms with E-state index >= 15 is 0 Å². The first-order chi connectivity index (χ1) is 10.2. The van der Waals surface area contributed by atoms with E-state index in [0.717, 1.165) is 31.7 Å². The highest BCUT2D eigenvalue weighted by Crippen LogP contribution is 2.45. The molecule has 0 bridgehead atoms. The molecule has 1 aromatic heterocycles. The summed E-state index contributed by atoms with van der Waals surface area (Å²) < 4.78 is 0. The van der Waals surface area contributed by atoms with Crippen molar-refractivity contribution in [1.29, 1.82) is 0 Å². The van der Waals surface area contributed by atoms with Crippen LogP contribution in [0.1, 0.15) is 37.3 Å². The zero-order valence-electron chi connectivity index (χ0n) is 11.9. The lowest BCUT2D eigenvalue weighted by molar-refractivity contribution is 0.125. The van der Waals surface area contributed by atoms with Crippen LogP contribution in [0, 0.1) is 5.92 Å². The minimum absolute atomic E-state index is 0.259. The van der Waals surface area contributed by atoms with Crippen molar-refractivity contribution in [2.75, 3.05) is 26.2 Å². The first-order valence-electron chi connectivity index (χ1n) is 7.62. The van der Waals surface area contributed by atoms with Gasteiger partial charge in [-0.25, -0.2) is 4.98 Å². The van der Waals surface area contributed by atoms with E-state index in [0.29, 0.717) is 21.1 Å². The smallest absolute Gasteiger partial charge is 0.148 e. The van der Waals surface area contributed by atoms with Crippen LogP contribution in [0.3, 0.4) is 0 Å². The summed E-state index contributed by atoms with van der Waals surface area (Å²) >= 11 is 19.1. The van der Waals surface area contributed by atoms with E-state index in [-0.39, 0.29) is 6.04 Å². The first-order valence-corrected chi connectivity index (χ1v) is 8.76. The quantitative estimate of drug-likeness (QED) is 0.831. The minimum Gasteiger partial charge on any atom is -0.314 e. The zero-order valence-corrected chi connectivity index (χ0v) is 14.2. The molecular formula is C15H20Cl3N3. The molecule has 2 heterocycles. The molecule has 2 fully saturated rings. The van der Waals surface area contributed by atoms with Gasteiger partial charge in [-0.05, 0) is 18.8 Å². The second-order valence-corrected chi connectivity index (χ2v) is 7.04. The van der Waals surface area contributed by atoms with Crippen LogP contribution < -0.4 is 5.32 Å². The highest BCUT2D eigenvalue weighted by molar-refractivity contribution is 6.43. The zero-order chi connectivity index (χ0) is 14.8. The van der Waals surface area contributed by atoms with Crippen molar-refractivity contribution in [2.45, 2.75) is 31.7 Å². The molecule has 1 N–H and O–H groups in total. The summed E-state index contributed by atoms with van der Waals surface area (Å²) in [5, 5.41) is 4.93. The number of piperazine rings is 1. The van der Waals surface area contributed by atoms with Crippen molar-refractivity contribution < 1.29 is 0 Å². The Morgan fingerprint density at radius 1 is 1.14 bits per heavy atom. The number of nitrogens with zero attached hydrogens (tertiary/aromatic N) is 2. The molecule has 6 heteroatoms. The molecule has 1 saturated carbocycles. The van der Waals surface area contributed by atoms with E-state index in [2.05, 4.69) is 15.2 Å². The Morgan fingerprint density at radius 3 is 2.48 bits per heavy atom. The molecule has 0 amide bonds. The van der Waals surface area contributed by atoms with E-state index < -0.39 is 0 Å². The van der Waals surface area contributed by atoms with Gasteiger partial charge in [-0.15, -0.1) is 0 Å². The SMILES string of the molecule is Clc1cnc(Cl)c(Cl)c1[C@@H](C1CCCC1)N1CCNCC1. The summed E-state index contributed by atoms with van der Waals surface area (Å²) in [7, 11) is 0. The maximum Gasteiger partial charge on any atom is 0.148 e. The molecule has 0 unspecified atom stereocenters. The van der Waals surface area contributed by atoms with Crippen LogP contribution in [-0.4, -0.2) is 36.1 Å². The van der Waals surface area contributed by atoms with Gasteiger partial charge in [0.25, 0.3) is 0 Å². The molecule has 1 aliphatic heterocycles. The number of halogens is 3. The Bertz CT molecular complexity index is 497. The summed E-state index contributed by atoms with van der Waals surface area (Å²) in [4.78, 5) is 6.57. The Kier molecular flexibility index (Phi) is 5.28. The summed E-state index contributed by atoms with van der Waals surface area (Å²) in [5.41, 5.74) is 0.979. The van der Waals surface area contributed by atoms with Gasteiger partial charge in [0.2, 0.25) is 0 Å². The predicted molar refractivity (Wildman–Crippen MR) is 88.4 cm³/mol. The molecule has 1 aliphatic carbocycles. The second-order valence-electron chi connectivity index (χ2n) is 5.90. The average Bonchev–Trinajstić information content (AvgIpc) is 3.02. The minimum atomic E-state index is 0.259. The molecule has 1 aromatic rings. The number of pyridine rings is 1. The summed E-state index contributed by atoms with van der Waals surface area (Å²) in [6.45, 7) is 4.07. The lowest BCUT2D eigenvalue weighted by Crippen LogP contribution is -2.46. The Hall–Kier alpha value is -0.0600. The molecule has 0 aromatic carbocycles. The van der Waals surface area contributed by atoms with Gasteiger partial charge in [-0.3, -0.25) is 4.90 Å². The van der Waals surface area contributed by atoms with E-state index in [4.69, 9.17) is 34.8 Å². The molecule has 3 rings (SSSR count). The number of hydrogen-bond acceptors (Lipinski definition) is 3. The fourth-order valence-electron chi connectivity index (χ4n) is 3.68. The van der Waals surface area contributed by atoms with Crippen LogP contribution in [0.25, 0.3) is 0 Å². The third-order valence-corrected chi connectivity index (χ3v) is 5.72. The number of aromatic nitrogens is 1. The van der Waals surface area contributed by atoms with Gasteiger partial charge in [-0.1, -0.05) is 47.6 Å². The number of rotatable bonds is 3. The third-order valence-electron chi connectivity index (χ3n) is 4.65. The van der Waals surface area contributed by atoms with E-state index in [1.807, 2.05) is 0 Å². The van der Waals surface area contributed by atoms with Gasteiger partial charge in [0.05, 0.1) is 10.0 Å². The normalized spacial score (nSPS) is 22.6. The van der Waals surface area contributed by atoms with Crippen LogP contribution >= 0.6 is 34.8 Å². The van der Waals surface area contributed by atoms with Crippen LogP contribution in [0.4, 0.5) is 0 Å². The van der Waals surface area contributed by atoms with Crippen LogP contribution in [0.5, 0.6) is 0 Å². The topological polar surface area (TPSA) is 28.2 Å². The highest BCUT2D eigenvalue weighted by atomic mass is 35.5. The van der Waals surface area contributed by atoms with Crippen molar-refractivity contribution in [3.63, 3.8) is 0 Å². The van der Waals surface area contributed by atoms with Crippen molar-refractivity contribution in [3.05, 3.63) is 27.0 Å². The maximum atomic E-state index is 6.47. The average molecular weight is 349 g/mol. The van der Waals surface area contributed by atoms with Crippen molar-refractivity contribution in [1.82, 2.24) is 15.2 Å². The molecular weight excluding hydrogens is 329 g/mol. The molecule has 116 valence electrons. The second kappa shape index (κ2) is 7.01. The van der Waals surface area contributed by atoms with Gasteiger partial charge >= 0.3 is 0 Å². The largest absolute Gasteiger partial charge is 0.314 e. The Labute approximate surface area is 141 Å². The lowest BCUT2D eigenvalue weighted by atomic mass is 9.90. The van der Waals surface area contributed by atoms with Gasteiger partial charge in [0.15, 0.2) is 0 Å². The van der Waals surface area contributed by atoms with E-state index in [1.165, 1.54) is 25.7 Å². The molecule has 0 radical (unpaired) electrons. The summed E-state index contributed by atoms with van der Waals surface area (Å²) in [6, 6.07) is 0.259. The van der Waals surface area contributed by atoms with Crippen LogP contribution in [0.15, 0.2) is 6.20 Å². The standard InChI is InChI=1S/C15H20Cl3N3/c16-11-9-20-15(18)13(17)12(11)14(10-3-1-2-4-10)21-7-5-19-6-8-21/h9-10,14,19H,1-8H2/t14-/m1/s1. The van der Waals surface area contributed by atoms with Crippen LogP contribution in [0.2, 0.25) is 15.2 Å². The number of nitrogens with one attached hydrogen (secondary N) is 1. The first kappa shape index (κ1) is 15.8. The summed E-state index contributed by atoms with van der Waals surface area (Å²) in [6.07, 6.45) is 6.69. The fraction of sp³-hybridized carbons (Fsp3) is 0.667. The predicted octanol–water partition coefficient (Wildman–Crippen LogP) is 4.18. The molecule has 21 heavy (non-hydrogen) atoms.